The van der Waals surface area contributed by atoms with Gasteiger partial charge in [-0.05, 0) is 0 Å². The molecule has 6 nitrogen and oxygen atoms in total. The van der Waals surface area contributed by atoms with Gasteiger partial charge in [-0.1, -0.05) is 0 Å². The first-order valence-corrected chi connectivity index (χ1v) is 5.44. The maximum Gasteiger partial charge on any atom is 0.328 e. The number of carbonyl (C=O) groups is 1. The van der Waals surface area contributed by atoms with Crippen molar-refractivity contribution in [1.29, 1.82) is 0 Å². The molecule has 0 saturated heterocycles. The second-order valence-electron chi connectivity index (χ2n) is 2.97. The molecule has 0 unspecified atom stereocenters. The number of hydrogen-bond acceptors (Lipinski definition) is 6. The van der Waals surface area contributed by atoms with E-state index in [1.54, 1.807) is 13.2 Å². The fraction of sp³-hybridized carbons (Fsp3) is 0.100. The van der Waals surface area contributed by atoms with Gasteiger partial charge in [0.15, 0.2) is 0 Å². The van der Waals surface area contributed by atoms with Crippen molar-refractivity contribution in [3.8, 4) is 16.5 Å². The van der Waals surface area contributed by atoms with Crippen LogP contribution in [0.3, 0.4) is 0 Å². The van der Waals surface area contributed by atoms with Crippen molar-refractivity contribution in [2.75, 3.05) is 7.11 Å². The second kappa shape index (κ2) is 4.79. The summed E-state index contributed by atoms with van der Waals surface area (Å²) in [5.41, 5.74) is 0. The first-order chi connectivity index (χ1) is 8.19. The van der Waals surface area contributed by atoms with Crippen LogP contribution in [0.1, 0.15) is 5.89 Å². The fourth-order valence-electron chi connectivity index (χ4n) is 1.08. The summed E-state index contributed by atoms with van der Waals surface area (Å²) in [6.45, 7) is 0. The first kappa shape index (κ1) is 11.3. The Labute approximate surface area is 100 Å². The third-order valence-corrected chi connectivity index (χ3v) is 2.73. The number of carboxylic acids is 1. The van der Waals surface area contributed by atoms with E-state index in [1.807, 2.05) is 5.38 Å². The fourth-order valence-corrected chi connectivity index (χ4v) is 1.86. The van der Waals surface area contributed by atoms with E-state index >= 15 is 0 Å². The predicted octanol–water partition coefficient (Wildman–Crippen LogP) is 1.90. The maximum absolute atomic E-state index is 10.3. The summed E-state index contributed by atoms with van der Waals surface area (Å²) in [4.78, 5) is 11.1. The minimum atomic E-state index is -1.07. The highest BCUT2D eigenvalue weighted by Crippen LogP contribution is 2.29. The van der Waals surface area contributed by atoms with Crippen molar-refractivity contribution in [3.05, 3.63) is 23.4 Å². The van der Waals surface area contributed by atoms with Crippen LogP contribution in [0.25, 0.3) is 16.8 Å². The summed E-state index contributed by atoms with van der Waals surface area (Å²) in [5.74, 6) is 0.131. The van der Waals surface area contributed by atoms with Gasteiger partial charge in [-0.2, -0.15) is 0 Å². The van der Waals surface area contributed by atoms with E-state index in [-0.39, 0.29) is 5.89 Å². The van der Waals surface area contributed by atoms with Gasteiger partial charge in [0.2, 0.25) is 5.89 Å². The van der Waals surface area contributed by atoms with E-state index in [4.69, 9.17) is 14.3 Å². The molecule has 17 heavy (non-hydrogen) atoms. The zero-order valence-electron chi connectivity index (χ0n) is 8.78. The lowest BCUT2D eigenvalue weighted by Crippen LogP contribution is -1.85. The molecule has 88 valence electrons. The molecule has 2 heterocycles. The maximum atomic E-state index is 10.3. The van der Waals surface area contributed by atoms with Crippen molar-refractivity contribution in [2.24, 2.45) is 0 Å². The Bertz CT molecular complexity index is 558. The van der Waals surface area contributed by atoms with Crippen molar-refractivity contribution >= 4 is 23.4 Å². The largest absolute Gasteiger partial charge is 0.496 e. The molecule has 0 saturated carbocycles. The predicted molar refractivity (Wildman–Crippen MR) is 60.8 cm³/mol. The average molecular weight is 252 g/mol. The van der Waals surface area contributed by atoms with Crippen molar-refractivity contribution in [3.63, 3.8) is 0 Å². The minimum absolute atomic E-state index is 0.148. The van der Waals surface area contributed by atoms with Crippen molar-refractivity contribution in [2.45, 2.75) is 0 Å². The summed E-state index contributed by atoms with van der Waals surface area (Å²) in [6, 6.07) is 1.77. The number of methoxy groups -OCH3 is 1. The van der Waals surface area contributed by atoms with E-state index in [0.717, 1.165) is 11.0 Å². The molecule has 7 heteroatoms. The van der Waals surface area contributed by atoms with Crippen LogP contribution < -0.4 is 4.74 Å². The van der Waals surface area contributed by atoms with Crippen molar-refractivity contribution in [1.82, 2.24) is 10.2 Å². The number of carboxylic acid groups (broad SMARTS) is 1. The van der Waals surface area contributed by atoms with Gasteiger partial charge in [0, 0.05) is 23.6 Å². The molecule has 0 fully saturated rings. The topological polar surface area (TPSA) is 85.5 Å². The van der Waals surface area contributed by atoms with Crippen LogP contribution in [-0.2, 0) is 4.79 Å². The number of aromatic nitrogens is 2. The van der Waals surface area contributed by atoms with Gasteiger partial charge < -0.3 is 14.3 Å². The van der Waals surface area contributed by atoms with Gasteiger partial charge in [0.1, 0.15) is 5.75 Å². The third kappa shape index (κ3) is 2.70. The highest BCUT2D eigenvalue weighted by atomic mass is 32.1. The zero-order valence-corrected chi connectivity index (χ0v) is 9.60. The van der Waals surface area contributed by atoms with Crippen LogP contribution in [0, 0.1) is 0 Å². The van der Waals surface area contributed by atoms with E-state index in [0.29, 0.717) is 11.6 Å². The average Bonchev–Trinajstić information content (AvgIpc) is 2.94. The molecule has 1 N–H and O–H groups in total. The Balaban J connectivity index is 2.20. The molecule has 0 aromatic carbocycles. The second-order valence-corrected chi connectivity index (χ2v) is 3.88. The van der Waals surface area contributed by atoms with Gasteiger partial charge in [-0.3, -0.25) is 0 Å². The van der Waals surface area contributed by atoms with Gasteiger partial charge in [0.05, 0.1) is 12.0 Å². The molecule has 0 radical (unpaired) electrons. The lowest BCUT2D eigenvalue weighted by atomic mass is 10.4. The smallest absolute Gasteiger partial charge is 0.328 e. The lowest BCUT2D eigenvalue weighted by molar-refractivity contribution is -0.131. The molecule has 0 atom stereocenters. The molecule has 2 aromatic rings. The van der Waals surface area contributed by atoms with Gasteiger partial charge in [-0.25, -0.2) is 4.79 Å². The zero-order chi connectivity index (χ0) is 12.3. The van der Waals surface area contributed by atoms with Crippen molar-refractivity contribution < 1.29 is 19.1 Å². The Hall–Kier alpha value is -2.15. The summed E-state index contributed by atoms with van der Waals surface area (Å²) in [5, 5.41) is 17.8. The molecule has 0 aliphatic heterocycles. The first-order valence-electron chi connectivity index (χ1n) is 4.56. The van der Waals surface area contributed by atoms with Crippen LogP contribution >= 0.6 is 11.3 Å². The lowest BCUT2D eigenvalue weighted by Gasteiger charge is -1.88. The number of rotatable bonds is 4. The molecule has 2 rings (SSSR count). The molecular weight excluding hydrogens is 244 g/mol. The number of ether oxygens (including phenoxy) is 1. The molecule has 0 bridgehead atoms. The van der Waals surface area contributed by atoms with Gasteiger partial charge in [-0.15, -0.1) is 21.5 Å². The van der Waals surface area contributed by atoms with E-state index < -0.39 is 5.97 Å². The molecule has 2 aromatic heterocycles. The number of aliphatic carboxylic acids is 1. The van der Waals surface area contributed by atoms with Crippen LogP contribution in [-0.4, -0.2) is 28.4 Å². The number of hydrogen-bond donors (Lipinski definition) is 1. The summed E-state index contributed by atoms with van der Waals surface area (Å²) < 4.78 is 10.3. The summed E-state index contributed by atoms with van der Waals surface area (Å²) in [6.07, 6.45) is 2.18. The Morgan fingerprint density at radius 3 is 3.06 bits per heavy atom. The molecule has 0 amide bonds. The van der Waals surface area contributed by atoms with Crippen LogP contribution in [0.4, 0.5) is 0 Å². The SMILES string of the molecule is COc1csc(-c2nnc(/C=C/C(=O)O)o2)c1. The van der Waals surface area contributed by atoms with Gasteiger partial charge in [0.25, 0.3) is 5.89 Å². The van der Waals surface area contributed by atoms with E-state index in [9.17, 15) is 4.79 Å². The summed E-state index contributed by atoms with van der Waals surface area (Å²) >= 11 is 1.40. The van der Waals surface area contributed by atoms with Crippen LogP contribution in [0.5, 0.6) is 5.75 Å². The van der Waals surface area contributed by atoms with Crippen LogP contribution in [0.2, 0.25) is 0 Å². The third-order valence-electron chi connectivity index (χ3n) is 1.83. The monoisotopic (exact) mass is 252 g/mol. The Kier molecular flexibility index (Phi) is 3.20. The molecule has 0 spiro atoms. The minimum Gasteiger partial charge on any atom is -0.496 e. The van der Waals surface area contributed by atoms with Gasteiger partial charge >= 0.3 is 5.97 Å². The quantitative estimate of drug-likeness (QED) is 0.836. The molecule has 0 aliphatic carbocycles. The number of thiophene rings is 1. The molecule has 0 aliphatic rings. The Morgan fingerprint density at radius 1 is 1.59 bits per heavy atom. The van der Waals surface area contributed by atoms with E-state index in [1.165, 1.54) is 17.4 Å². The number of nitrogens with zero attached hydrogens (tertiary/aromatic N) is 2. The normalized spacial score (nSPS) is 10.9. The highest BCUT2D eigenvalue weighted by Gasteiger charge is 2.10. The highest BCUT2D eigenvalue weighted by molar-refractivity contribution is 7.13. The van der Waals surface area contributed by atoms with Crippen LogP contribution in [0.15, 0.2) is 21.9 Å². The standard InChI is InChI=1S/C10H8N2O4S/c1-15-6-4-7(17-5-6)10-12-11-8(16-10)2-3-9(13)14/h2-5H,1H3,(H,13,14)/b3-2+. The van der Waals surface area contributed by atoms with E-state index in [2.05, 4.69) is 10.2 Å². The molecular formula is C10H8N2O4S. The Morgan fingerprint density at radius 2 is 2.41 bits per heavy atom. The summed E-state index contributed by atoms with van der Waals surface area (Å²) in [7, 11) is 1.57.